The predicted molar refractivity (Wildman–Crippen MR) is 332 cm³/mol. The van der Waals surface area contributed by atoms with Gasteiger partial charge in [0.1, 0.15) is 0 Å². The molecule has 1 fully saturated rings. The minimum absolute atomic E-state index is 0.0169. The Labute approximate surface area is 456 Å². The molecule has 2 unspecified atom stereocenters. The second kappa shape index (κ2) is 16.2. The molecule has 11 aromatic rings. The van der Waals surface area contributed by atoms with Gasteiger partial charge in [-0.15, -0.1) is 22.7 Å². The lowest BCUT2D eigenvalue weighted by Crippen LogP contribution is -2.61. The van der Waals surface area contributed by atoms with E-state index in [1.807, 2.05) is 22.7 Å². The number of nitrogens with zero attached hydrogens (tertiary/aromatic N) is 3. The van der Waals surface area contributed by atoms with E-state index in [0.717, 1.165) is 6.42 Å². The van der Waals surface area contributed by atoms with Crippen LogP contribution in [0.5, 0.6) is 0 Å². The van der Waals surface area contributed by atoms with Gasteiger partial charge in [0.25, 0.3) is 6.71 Å². The molecular formula is C70H62BN3S2. The fraction of sp³-hybridized carbons (Fsp3) is 0.229. The Balaban J connectivity index is 1.13. The average molecular weight is 1020 g/mol. The molecule has 5 heterocycles. The number of hydrogen-bond acceptors (Lipinski definition) is 5. The number of fused-ring (bicyclic) bond motifs is 13. The van der Waals surface area contributed by atoms with Crippen LogP contribution in [0.4, 0.5) is 45.5 Å². The largest absolute Gasteiger partial charge is 0.334 e. The number of anilines is 8. The molecule has 0 bridgehead atoms. The van der Waals surface area contributed by atoms with E-state index in [1.165, 1.54) is 149 Å². The number of para-hydroxylation sites is 1. The molecule has 2 atom stereocenters. The highest BCUT2D eigenvalue weighted by Gasteiger charge is 2.58. The van der Waals surface area contributed by atoms with Crippen LogP contribution in [0.15, 0.2) is 182 Å². The molecule has 15 rings (SSSR count). The highest BCUT2D eigenvalue weighted by atomic mass is 32.1. The van der Waals surface area contributed by atoms with Crippen molar-refractivity contribution in [2.75, 3.05) is 14.7 Å². The van der Waals surface area contributed by atoms with Crippen LogP contribution < -0.4 is 31.1 Å². The molecule has 1 saturated carbocycles. The van der Waals surface area contributed by atoms with Crippen molar-refractivity contribution in [3.63, 3.8) is 0 Å². The third kappa shape index (κ3) is 6.47. The zero-order valence-corrected chi connectivity index (χ0v) is 46.5. The van der Waals surface area contributed by atoms with Crippen LogP contribution in [0.1, 0.15) is 97.8 Å². The van der Waals surface area contributed by atoms with Crippen LogP contribution in [0.25, 0.3) is 51.5 Å². The molecule has 6 heteroatoms. The summed E-state index contributed by atoms with van der Waals surface area (Å²) >= 11 is 3.86. The van der Waals surface area contributed by atoms with Crippen LogP contribution in [0.3, 0.4) is 0 Å². The number of hydrogen-bond donors (Lipinski definition) is 0. The molecule has 0 amide bonds. The van der Waals surface area contributed by atoms with Gasteiger partial charge in [0.2, 0.25) is 0 Å². The fourth-order valence-electron chi connectivity index (χ4n) is 14.4. The predicted octanol–water partition coefficient (Wildman–Crippen LogP) is 18.5. The summed E-state index contributed by atoms with van der Waals surface area (Å²) in [7, 11) is 0. The monoisotopic (exact) mass is 1020 g/mol. The Bertz CT molecular complexity index is 4230. The van der Waals surface area contributed by atoms with Crippen molar-refractivity contribution in [3.05, 3.63) is 199 Å². The van der Waals surface area contributed by atoms with Gasteiger partial charge in [-0.05, 0) is 136 Å². The zero-order valence-electron chi connectivity index (χ0n) is 44.9. The molecule has 9 aromatic carbocycles. The highest BCUT2D eigenvalue weighted by Crippen LogP contribution is 2.62. The summed E-state index contributed by atoms with van der Waals surface area (Å²) in [5, 5.41) is 5.25. The summed E-state index contributed by atoms with van der Waals surface area (Å²) in [6.45, 7) is 19.3. The second-order valence-corrected chi connectivity index (χ2v) is 26.9. The molecular weight excluding hydrogens is 958 g/mol. The van der Waals surface area contributed by atoms with E-state index < -0.39 is 0 Å². The summed E-state index contributed by atoms with van der Waals surface area (Å²) in [6, 6.07) is 71.0. The van der Waals surface area contributed by atoms with Gasteiger partial charge in [-0.3, -0.25) is 0 Å². The molecule has 3 nitrogen and oxygen atoms in total. The Morgan fingerprint density at radius 2 is 1.04 bits per heavy atom. The van der Waals surface area contributed by atoms with Gasteiger partial charge in [-0.2, -0.15) is 0 Å². The third-order valence-corrected chi connectivity index (χ3v) is 20.8. The smallest absolute Gasteiger partial charge is 0.252 e. The molecule has 0 N–H and O–H groups in total. The topological polar surface area (TPSA) is 9.72 Å². The lowest BCUT2D eigenvalue weighted by atomic mass is 9.33. The van der Waals surface area contributed by atoms with E-state index in [0.29, 0.717) is 0 Å². The molecule has 372 valence electrons. The van der Waals surface area contributed by atoms with E-state index in [-0.39, 0.29) is 28.5 Å². The molecule has 3 aliphatic heterocycles. The van der Waals surface area contributed by atoms with Crippen molar-refractivity contribution in [2.24, 2.45) is 0 Å². The number of rotatable bonds is 4. The van der Waals surface area contributed by atoms with Crippen LogP contribution in [0, 0.1) is 0 Å². The van der Waals surface area contributed by atoms with Crippen LogP contribution in [0.2, 0.25) is 0 Å². The Hall–Kier alpha value is -7.12. The lowest BCUT2D eigenvalue weighted by Gasteiger charge is -2.51. The molecule has 0 spiro atoms. The van der Waals surface area contributed by atoms with Crippen LogP contribution in [-0.2, 0) is 16.2 Å². The van der Waals surface area contributed by atoms with Gasteiger partial charge in [0.15, 0.2) is 0 Å². The first kappa shape index (κ1) is 46.2. The van der Waals surface area contributed by atoms with Gasteiger partial charge >= 0.3 is 0 Å². The maximum Gasteiger partial charge on any atom is 0.252 e. The fourth-order valence-corrected chi connectivity index (χ4v) is 16.7. The van der Waals surface area contributed by atoms with Crippen LogP contribution >= 0.6 is 22.7 Å². The minimum Gasteiger partial charge on any atom is -0.334 e. The Morgan fingerprint density at radius 1 is 0.447 bits per heavy atom. The second-order valence-electron chi connectivity index (χ2n) is 24.8. The molecule has 76 heavy (non-hydrogen) atoms. The van der Waals surface area contributed by atoms with Crippen molar-refractivity contribution >= 4 is 132 Å². The van der Waals surface area contributed by atoms with Crippen molar-refractivity contribution < 1.29 is 0 Å². The summed E-state index contributed by atoms with van der Waals surface area (Å²) in [5.41, 5.74) is 20.4. The quantitative estimate of drug-likeness (QED) is 0.163. The SMILES string of the molecule is CC(C)(C)c1ccc2c(c1)B1c3cc4sc5ccccc5c4cc3N(c3ccc(C(C)(C)C)cc3-c3ccccc3)c3cc(N4c5ccccc5C5(C)CCCCC45C)cc(c31)N2c1cccc2c1sc1ccccc12. The van der Waals surface area contributed by atoms with E-state index in [9.17, 15) is 0 Å². The van der Waals surface area contributed by atoms with Crippen molar-refractivity contribution in [1.82, 2.24) is 0 Å². The average Bonchev–Trinajstić information content (AvgIpc) is 4.20. The van der Waals surface area contributed by atoms with Gasteiger partial charge in [-0.1, -0.05) is 177 Å². The molecule has 4 aliphatic rings. The van der Waals surface area contributed by atoms with Crippen molar-refractivity contribution in [2.45, 2.75) is 103 Å². The maximum atomic E-state index is 2.81. The summed E-state index contributed by atoms with van der Waals surface area (Å²) < 4.78 is 5.29. The van der Waals surface area contributed by atoms with Crippen molar-refractivity contribution in [1.29, 1.82) is 0 Å². The lowest BCUT2D eigenvalue weighted by molar-refractivity contribution is 0.195. The standard InChI is InChI=1S/C70H62BN3S2/c1-67(2,3)44-31-33-55(50(37-44)43-21-10-9-11-22-43)72-59-41-51-48-24-13-16-29-62(48)75-64(51)42-54(59)71-53-38-45(68(4,5)6)32-34-57(53)73(58-28-20-25-49-47-23-12-17-30-63(47)76-66(49)58)61-40-46(39-60(72)65(61)71)74-56-27-15-14-26-52(56)69(7)35-18-19-36-70(69,74)8/h9-17,20-34,37-42H,18-19,35-36H2,1-8H3. The number of thiophene rings is 2. The molecule has 0 radical (unpaired) electrons. The van der Waals surface area contributed by atoms with Gasteiger partial charge in [0.05, 0.1) is 21.6 Å². The molecule has 1 aliphatic carbocycles. The van der Waals surface area contributed by atoms with E-state index in [1.54, 1.807) is 0 Å². The minimum atomic E-state index is -0.150. The first-order valence-corrected chi connectivity index (χ1v) is 29.2. The number of benzene rings is 9. The summed E-state index contributed by atoms with van der Waals surface area (Å²) in [5.74, 6) is 0. The maximum absolute atomic E-state index is 2.81. The van der Waals surface area contributed by atoms with E-state index in [2.05, 4.69) is 252 Å². The highest BCUT2D eigenvalue weighted by molar-refractivity contribution is 7.26. The Kier molecular flexibility index (Phi) is 9.85. The first-order chi connectivity index (χ1) is 36.7. The third-order valence-electron chi connectivity index (χ3n) is 18.5. The van der Waals surface area contributed by atoms with Crippen molar-refractivity contribution in [3.8, 4) is 11.1 Å². The zero-order chi connectivity index (χ0) is 51.6. The summed E-state index contributed by atoms with van der Waals surface area (Å²) in [6.07, 6.45) is 4.75. The molecule has 0 saturated heterocycles. The van der Waals surface area contributed by atoms with Crippen LogP contribution in [-0.4, -0.2) is 12.3 Å². The van der Waals surface area contributed by atoms with E-state index in [4.69, 9.17) is 0 Å². The first-order valence-electron chi connectivity index (χ1n) is 27.6. The van der Waals surface area contributed by atoms with Gasteiger partial charge in [-0.25, -0.2) is 0 Å². The summed E-state index contributed by atoms with van der Waals surface area (Å²) in [4.78, 5) is 8.23. The van der Waals surface area contributed by atoms with E-state index >= 15 is 0 Å². The molecule has 2 aromatic heterocycles. The normalized spacial score (nSPS) is 18.8. The van der Waals surface area contributed by atoms with Gasteiger partial charge in [0, 0.05) is 80.7 Å². The van der Waals surface area contributed by atoms with Gasteiger partial charge < -0.3 is 14.7 Å². The Morgan fingerprint density at radius 3 is 1.79 bits per heavy atom.